The van der Waals surface area contributed by atoms with Crippen LogP contribution in [0.25, 0.3) is 0 Å². The van der Waals surface area contributed by atoms with Gasteiger partial charge in [0.25, 0.3) is 5.91 Å². The molecule has 0 aliphatic carbocycles. The van der Waals surface area contributed by atoms with E-state index in [1.807, 2.05) is 29.6 Å². The topological polar surface area (TPSA) is 56.2 Å². The number of anilines is 1. The van der Waals surface area contributed by atoms with Crippen molar-refractivity contribution in [3.63, 3.8) is 0 Å². The van der Waals surface area contributed by atoms with Crippen LogP contribution in [0.2, 0.25) is 5.02 Å². The molecule has 1 N–H and O–H groups in total. The van der Waals surface area contributed by atoms with Crippen molar-refractivity contribution in [2.45, 2.75) is 13.2 Å². The Hall–Kier alpha value is -3.16. The number of hydrogen-bond donors (Lipinski definition) is 1. The lowest BCUT2D eigenvalue weighted by Crippen LogP contribution is -2.09. The van der Waals surface area contributed by atoms with Crippen LogP contribution >= 0.6 is 22.9 Å². The Labute approximate surface area is 181 Å². The van der Waals surface area contributed by atoms with Crippen molar-refractivity contribution in [3.05, 3.63) is 99.2 Å². The van der Waals surface area contributed by atoms with Crippen molar-refractivity contribution >= 4 is 34.5 Å². The molecule has 0 fully saturated rings. The second kappa shape index (κ2) is 9.11. The highest BCUT2D eigenvalue weighted by Gasteiger charge is 2.11. The monoisotopic (exact) mass is 441 g/mol. The van der Waals surface area contributed by atoms with Gasteiger partial charge in [0.05, 0.1) is 23.3 Å². The average molecular weight is 442 g/mol. The van der Waals surface area contributed by atoms with E-state index < -0.39 is 0 Å². The number of halogens is 2. The van der Waals surface area contributed by atoms with Gasteiger partial charge in [0, 0.05) is 16.8 Å². The Morgan fingerprint density at radius 1 is 1.17 bits per heavy atom. The van der Waals surface area contributed by atoms with Crippen molar-refractivity contribution in [1.82, 2.24) is 9.78 Å². The second-order valence-corrected chi connectivity index (χ2v) is 7.92. The number of rotatable bonds is 7. The van der Waals surface area contributed by atoms with E-state index in [0.29, 0.717) is 34.5 Å². The molecule has 2 aromatic carbocycles. The van der Waals surface area contributed by atoms with Crippen LogP contribution in [0.5, 0.6) is 5.75 Å². The van der Waals surface area contributed by atoms with E-state index in [9.17, 15) is 9.18 Å². The minimum Gasteiger partial charge on any atom is -0.489 e. The fraction of sp³-hybridized carbons (Fsp3) is 0.0909. The Balaban J connectivity index is 1.33. The van der Waals surface area contributed by atoms with Crippen molar-refractivity contribution in [2.24, 2.45) is 0 Å². The predicted molar refractivity (Wildman–Crippen MR) is 116 cm³/mol. The fourth-order valence-electron chi connectivity index (χ4n) is 2.80. The number of thiophene rings is 1. The fourth-order valence-corrected chi connectivity index (χ4v) is 3.80. The summed E-state index contributed by atoms with van der Waals surface area (Å²) in [6, 6.07) is 15.1. The first-order chi connectivity index (χ1) is 14.5. The third-order valence-electron chi connectivity index (χ3n) is 4.22. The molecular formula is C22H17ClFN3O2S. The highest BCUT2D eigenvalue weighted by Crippen LogP contribution is 2.20. The second-order valence-electron chi connectivity index (χ2n) is 6.57. The number of hydrogen-bond acceptors (Lipinski definition) is 4. The van der Waals surface area contributed by atoms with Crippen LogP contribution in [0.3, 0.4) is 0 Å². The summed E-state index contributed by atoms with van der Waals surface area (Å²) < 4.78 is 20.3. The third-order valence-corrected chi connectivity index (χ3v) is 5.43. The number of carbonyl (C=O) groups excluding carboxylic acids is 1. The van der Waals surface area contributed by atoms with E-state index in [2.05, 4.69) is 10.4 Å². The van der Waals surface area contributed by atoms with Crippen LogP contribution in [0.1, 0.15) is 20.8 Å². The summed E-state index contributed by atoms with van der Waals surface area (Å²) in [7, 11) is 0. The van der Waals surface area contributed by atoms with Crippen LogP contribution in [0, 0.1) is 5.82 Å². The number of amides is 1. The van der Waals surface area contributed by atoms with Crippen molar-refractivity contribution in [1.29, 1.82) is 0 Å². The van der Waals surface area contributed by atoms with Crippen molar-refractivity contribution in [3.8, 4) is 5.75 Å². The standard InChI is InChI=1S/C22H17ClFN3O2S/c23-17-3-1-2-15(8-17)11-27-12-19(10-25-27)26-22(28)21-9-16(14-30-21)13-29-20-6-4-18(24)5-7-20/h1-10,12,14H,11,13H2,(H,26,28). The van der Waals surface area contributed by atoms with Gasteiger partial charge in [-0.1, -0.05) is 23.7 Å². The summed E-state index contributed by atoms with van der Waals surface area (Å²) in [5.41, 5.74) is 2.50. The first-order valence-corrected chi connectivity index (χ1v) is 10.3. The number of nitrogens with zero attached hydrogens (tertiary/aromatic N) is 2. The minimum atomic E-state index is -0.312. The summed E-state index contributed by atoms with van der Waals surface area (Å²) in [6.45, 7) is 0.854. The van der Waals surface area contributed by atoms with Gasteiger partial charge in [-0.05, 0) is 53.4 Å². The number of benzene rings is 2. The lowest BCUT2D eigenvalue weighted by molar-refractivity contribution is 0.103. The van der Waals surface area contributed by atoms with Gasteiger partial charge in [0.15, 0.2) is 0 Å². The molecule has 0 aliphatic rings. The minimum absolute atomic E-state index is 0.213. The van der Waals surface area contributed by atoms with Gasteiger partial charge in [0.1, 0.15) is 18.2 Å². The van der Waals surface area contributed by atoms with Crippen molar-refractivity contribution in [2.75, 3.05) is 5.32 Å². The Kier molecular flexibility index (Phi) is 6.11. The maximum absolute atomic E-state index is 12.9. The molecule has 2 heterocycles. The Morgan fingerprint density at radius 3 is 2.80 bits per heavy atom. The molecule has 4 aromatic rings. The normalized spacial score (nSPS) is 10.7. The lowest BCUT2D eigenvalue weighted by Gasteiger charge is -2.04. The summed E-state index contributed by atoms with van der Waals surface area (Å²) in [4.78, 5) is 13.1. The molecule has 0 saturated heterocycles. The van der Waals surface area contributed by atoms with Gasteiger partial charge in [-0.2, -0.15) is 5.10 Å². The van der Waals surface area contributed by atoms with E-state index in [4.69, 9.17) is 16.3 Å². The largest absolute Gasteiger partial charge is 0.489 e. The Morgan fingerprint density at radius 2 is 2.00 bits per heavy atom. The molecule has 0 unspecified atom stereocenters. The van der Waals surface area contributed by atoms with Gasteiger partial charge >= 0.3 is 0 Å². The van der Waals surface area contributed by atoms with Gasteiger partial charge in [0.2, 0.25) is 0 Å². The first kappa shape index (κ1) is 20.1. The zero-order valence-electron chi connectivity index (χ0n) is 15.7. The highest BCUT2D eigenvalue weighted by atomic mass is 35.5. The summed E-state index contributed by atoms with van der Waals surface area (Å²) in [5, 5.41) is 9.66. The molecule has 152 valence electrons. The zero-order valence-corrected chi connectivity index (χ0v) is 17.3. The maximum Gasteiger partial charge on any atom is 0.265 e. The van der Waals surface area contributed by atoms with Crippen LogP contribution in [-0.2, 0) is 13.2 Å². The van der Waals surface area contributed by atoms with Crippen LogP contribution in [0.15, 0.2) is 72.4 Å². The number of aromatic nitrogens is 2. The van der Waals surface area contributed by atoms with Crippen molar-refractivity contribution < 1.29 is 13.9 Å². The molecular weight excluding hydrogens is 425 g/mol. The maximum atomic E-state index is 12.9. The van der Waals surface area contributed by atoms with E-state index >= 15 is 0 Å². The van der Waals surface area contributed by atoms with Gasteiger partial charge in [-0.15, -0.1) is 11.3 Å². The summed E-state index contributed by atoms with van der Waals surface area (Å²) in [6.07, 6.45) is 3.37. The smallest absolute Gasteiger partial charge is 0.265 e. The molecule has 0 bridgehead atoms. The number of nitrogens with one attached hydrogen (secondary N) is 1. The Bertz CT molecular complexity index is 1160. The van der Waals surface area contributed by atoms with Crippen LogP contribution in [0.4, 0.5) is 10.1 Å². The molecule has 8 heteroatoms. The average Bonchev–Trinajstić information content (AvgIpc) is 3.37. The van der Waals surface area contributed by atoms with E-state index in [-0.39, 0.29) is 11.7 Å². The lowest BCUT2D eigenvalue weighted by atomic mass is 10.2. The van der Waals surface area contributed by atoms with E-state index in [0.717, 1.165) is 11.1 Å². The third kappa shape index (κ3) is 5.25. The molecule has 0 saturated carbocycles. The molecule has 1 amide bonds. The molecule has 0 spiro atoms. The molecule has 0 radical (unpaired) electrons. The predicted octanol–water partition coefficient (Wildman–Crippen LogP) is 5.62. The van der Waals surface area contributed by atoms with Crippen LogP contribution in [-0.4, -0.2) is 15.7 Å². The quantitative estimate of drug-likeness (QED) is 0.405. The van der Waals surface area contributed by atoms with Gasteiger partial charge in [-0.25, -0.2) is 4.39 Å². The van der Waals surface area contributed by atoms with Crippen LogP contribution < -0.4 is 10.1 Å². The number of carbonyl (C=O) groups is 1. The van der Waals surface area contributed by atoms with E-state index in [1.54, 1.807) is 35.3 Å². The highest BCUT2D eigenvalue weighted by molar-refractivity contribution is 7.12. The molecule has 5 nitrogen and oxygen atoms in total. The number of ether oxygens (including phenoxy) is 1. The SMILES string of the molecule is O=C(Nc1cnn(Cc2cccc(Cl)c2)c1)c1cc(COc2ccc(F)cc2)cs1. The van der Waals surface area contributed by atoms with Gasteiger partial charge in [-0.3, -0.25) is 9.48 Å². The van der Waals surface area contributed by atoms with E-state index in [1.165, 1.54) is 23.5 Å². The first-order valence-electron chi connectivity index (χ1n) is 9.09. The molecule has 4 rings (SSSR count). The molecule has 0 atom stereocenters. The molecule has 30 heavy (non-hydrogen) atoms. The summed E-state index contributed by atoms with van der Waals surface area (Å²) >= 11 is 7.34. The zero-order chi connectivity index (χ0) is 20.9. The van der Waals surface area contributed by atoms with Gasteiger partial charge < -0.3 is 10.1 Å². The molecule has 2 aromatic heterocycles. The molecule has 0 aliphatic heterocycles. The summed E-state index contributed by atoms with van der Waals surface area (Å²) in [5.74, 6) is 0.0452.